The molecular weight excluding hydrogens is 213 g/mol. The van der Waals surface area contributed by atoms with Gasteiger partial charge in [-0.1, -0.05) is 26.8 Å². The van der Waals surface area contributed by atoms with Gasteiger partial charge in [-0.15, -0.1) is 0 Å². The molecule has 0 heterocycles. The summed E-state index contributed by atoms with van der Waals surface area (Å²) in [6.45, 7) is 10.7. The molecule has 0 fully saturated rings. The lowest BCUT2D eigenvalue weighted by molar-refractivity contribution is 0.338. The van der Waals surface area contributed by atoms with Gasteiger partial charge in [-0.2, -0.15) is 0 Å². The number of benzene rings is 1. The van der Waals surface area contributed by atoms with E-state index in [0.29, 0.717) is 0 Å². The second kappa shape index (κ2) is 6.15. The zero-order valence-corrected chi connectivity index (χ0v) is 11.4. The van der Waals surface area contributed by atoms with Crippen molar-refractivity contribution in [2.24, 2.45) is 5.41 Å². The number of rotatable bonds is 6. The van der Waals surface area contributed by atoms with Crippen molar-refractivity contribution in [3.63, 3.8) is 0 Å². The fourth-order valence-corrected chi connectivity index (χ4v) is 2.01. The van der Waals surface area contributed by atoms with Crippen LogP contribution in [0.5, 0.6) is 0 Å². The second-order valence-corrected chi connectivity index (χ2v) is 5.59. The van der Waals surface area contributed by atoms with E-state index in [0.717, 1.165) is 31.5 Å². The fourth-order valence-electron chi connectivity index (χ4n) is 2.01. The van der Waals surface area contributed by atoms with Crippen LogP contribution in [0.4, 0.5) is 4.39 Å². The smallest absolute Gasteiger partial charge is 0.123 e. The minimum atomic E-state index is -0.136. The Labute approximate surface area is 104 Å². The molecule has 0 aliphatic rings. The quantitative estimate of drug-likeness (QED) is 0.744. The van der Waals surface area contributed by atoms with Gasteiger partial charge in [-0.25, -0.2) is 4.39 Å². The molecule has 0 atom stereocenters. The minimum absolute atomic E-state index is 0.136. The summed E-state index contributed by atoms with van der Waals surface area (Å²) in [5, 5.41) is 3.44. The number of halogens is 1. The van der Waals surface area contributed by atoms with Gasteiger partial charge in [-0.3, -0.25) is 0 Å². The highest BCUT2D eigenvalue weighted by Gasteiger charge is 2.19. The summed E-state index contributed by atoms with van der Waals surface area (Å²) in [5.41, 5.74) is 2.46. The van der Waals surface area contributed by atoms with Crippen molar-refractivity contribution in [1.82, 2.24) is 5.32 Å². The summed E-state index contributed by atoms with van der Waals surface area (Å²) < 4.78 is 13.2. The zero-order valence-electron chi connectivity index (χ0n) is 11.4. The van der Waals surface area contributed by atoms with Crippen LogP contribution >= 0.6 is 0 Å². The summed E-state index contributed by atoms with van der Waals surface area (Å²) in [4.78, 5) is 0. The first kappa shape index (κ1) is 14.2. The predicted molar refractivity (Wildman–Crippen MR) is 71.8 cm³/mol. The Morgan fingerprint density at radius 1 is 1.29 bits per heavy atom. The maximum atomic E-state index is 13.2. The lowest BCUT2D eigenvalue weighted by Gasteiger charge is -2.26. The Morgan fingerprint density at radius 2 is 2.00 bits per heavy atom. The molecule has 0 aliphatic heterocycles. The van der Waals surface area contributed by atoms with Crippen LogP contribution in [0.25, 0.3) is 0 Å². The van der Waals surface area contributed by atoms with E-state index in [9.17, 15) is 4.39 Å². The van der Waals surface area contributed by atoms with Gasteiger partial charge in [0.25, 0.3) is 0 Å². The summed E-state index contributed by atoms with van der Waals surface area (Å²) in [5.74, 6) is -0.136. The van der Waals surface area contributed by atoms with Gasteiger partial charge in [-0.05, 0) is 55.0 Å². The van der Waals surface area contributed by atoms with Gasteiger partial charge in [0.05, 0.1) is 0 Å². The van der Waals surface area contributed by atoms with Gasteiger partial charge >= 0.3 is 0 Å². The normalized spacial score (nSPS) is 11.8. The molecule has 0 spiro atoms. The lowest BCUT2D eigenvalue weighted by Crippen LogP contribution is -2.31. The second-order valence-electron chi connectivity index (χ2n) is 5.59. The molecule has 0 aromatic heterocycles. The monoisotopic (exact) mass is 237 g/mol. The van der Waals surface area contributed by atoms with E-state index in [1.807, 2.05) is 13.0 Å². The molecule has 0 aliphatic carbocycles. The molecule has 0 radical (unpaired) electrons. The Balaban J connectivity index is 2.65. The van der Waals surface area contributed by atoms with E-state index in [2.05, 4.69) is 26.1 Å². The highest BCUT2D eigenvalue weighted by molar-refractivity contribution is 5.27. The van der Waals surface area contributed by atoms with Crippen LogP contribution in [0.3, 0.4) is 0 Å². The molecule has 0 saturated heterocycles. The molecule has 1 nitrogen and oxygen atoms in total. The molecule has 2 heteroatoms. The van der Waals surface area contributed by atoms with Crippen LogP contribution in [-0.2, 0) is 6.42 Å². The summed E-state index contributed by atoms with van der Waals surface area (Å²) >= 11 is 0. The summed E-state index contributed by atoms with van der Waals surface area (Å²) in [7, 11) is 0. The minimum Gasteiger partial charge on any atom is -0.316 e. The molecular formula is C15H24FN. The van der Waals surface area contributed by atoms with Crippen molar-refractivity contribution in [3.05, 3.63) is 35.1 Å². The standard InChI is InChI=1S/C15H24FN/c1-5-8-17-11-15(3,4)10-13-9-14(16)7-6-12(13)2/h6-7,9,17H,5,8,10-11H2,1-4H3. The predicted octanol–water partition coefficient (Wildman–Crippen LogP) is 3.70. The van der Waals surface area contributed by atoms with Gasteiger partial charge < -0.3 is 5.32 Å². The number of hydrogen-bond acceptors (Lipinski definition) is 1. The van der Waals surface area contributed by atoms with Crippen LogP contribution in [0, 0.1) is 18.2 Å². The van der Waals surface area contributed by atoms with E-state index in [4.69, 9.17) is 0 Å². The Morgan fingerprint density at radius 3 is 2.65 bits per heavy atom. The van der Waals surface area contributed by atoms with E-state index in [-0.39, 0.29) is 11.2 Å². The largest absolute Gasteiger partial charge is 0.316 e. The molecule has 0 amide bonds. The molecule has 0 unspecified atom stereocenters. The first-order valence-corrected chi connectivity index (χ1v) is 6.40. The third-order valence-electron chi connectivity index (χ3n) is 3.01. The Kier molecular flexibility index (Phi) is 5.13. The van der Waals surface area contributed by atoms with E-state index in [1.54, 1.807) is 6.07 Å². The van der Waals surface area contributed by atoms with Crippen molar-refractivity contribution in [2.75, 3.05) is 13.1 Å². The topological polar surface area (TPSA) is 12.0 Å². The SMILES string of the molecule is CCCNCC(C)(C)Cc1cc(F)ccc1C. The van der Waals surface area contributed by atoms with Crippen molar-refractivity contribution < 1.29 is 4.39 Å². The van der Waals surface area contributed by atoms with Crippen molar-refractivity contribution in [3.8, 4) is 0 Å². The van der Waals surface area contributed by atoms with Crippen molar-refractivity contribution in [1.29, 1.82) is 0 Å². The molecule has 96 valence electrons. The molecule has 0 saturated carbocycles. The molecule has 1 aromatic carbocycles. The highest BCUT2D eigenvalue weighted by Crippen LogP contribution is 2.23. The van der Waals surface area contributed by atoms with Crippen LogP contribution in [0.2, 0.25) is 0 Å². The third kappa shape index (κ3) is 4.86. The van der Waals surface area contributed by atoms with Crippen molar-refractivity contribution in [2.45, 2.75) is 40.5 Å². The molecule has 1 N–H and O–H groups in total. The van der Waals surface area contributed by atoms with Crippen LogP contribution in [-0.4, -0.2) is 13.1 Å². The molecule has 1 rings (SSSR count). The first-order chi connectivity index (χ1) is 7.94. The fraction of sp³-hybridized carbons (Fsp3) is 0.600. The van der Waals surface area contributed by atoms with Crippen LogP contribution in [0.1, 0.15) is 38.3 Å². The lowest BCUT2D eigenvalue weighted by atomic mass is 9.84. The highest BCUT2D eigenvalue weighted by atomic mass is 19.1. The zero-order chi connectivity index (χ0) is 12.9. The van der Waals surface area contributed by atoms with Gasteiger partial charge in [0.15, 0.2) is 0 Å². The first-order valence-electron chi connectivity index (χ1n) is 6.40. The number of aryl methyl sites for hydroxylation is 1. The average Bonchev–Trinajstić information content (AvgIpc) is 2.23. The third-order valence-corrected chi connectivity index (χ3v) is 3.01. The van der Waals surface area contributed by atoms with Crippen LogP contribution < -0.4 is 5.32 Å². The number of nitrogens with one attached hydrogen (secondary N) is 1. The summed E-state index contributed by atoms with van der Waals surface area (Å²) in [6.07, 6.45) is 2.06. The summed E-state index contributed by atoms with van der Waals surface area (Å²) in [6, 6.07) is 5.05. The van der Waals surface area contributed by atoms with E-state index < -0.39 is 0 Å². The van der Waals surface area contributed by atoms with Gasteiger partial charge in [0, 0.05) is 6.54 Å². The van der Waals surface area contributed by atoms with Crippen molar-refractivity contribution >= 4 is 0 Å². The molecule has 1 aromatic rings. The maximum Gasteiger partial charge on any atom is 0.123 e. The Hall–Kier alpha value is -0.890. The van der Waals surface area contributed by atoms with E-state index in [1.165, 1.54) is 11.6 Å². The maximum absolute atomic E-state index is 13.2. The Bertz CT molecular complexity index is 358. The van der Waals surface area contributed by atoms with Crippen LogP contribution in [0.15, 0.2) is 18.2 Å². The molecule has 0 bridgehead atoms. The molecule has 17 heavy (non-hydrogen) atoms. The number of hydrogen-bond donors (Lipinski definition) is 1. The van der Waals surface area contributed by atoms with Gasteiger partial charge in [0.1, 0.15) is 5.82 Å². The van der Waals surface area contributed by atoms with Gasteiger partial charge in [0.2, 0.25) is 0 Å². The average molecular weight is 237 g/mol. The van der Waals surface area contributed by atoms with E-state index >= 15 is 0 Å².